The van der Waals surface area contributed by atoms with Crippen LogP contribution >= 0.6 is 0 Å². The predicted octanol–water partition coefficient (Wildman–Crippen LogP) is 3.91. The summed E-state index contributed by atoms with van der Waals surface area (Å²) in [6.07, 6.45) is 8.48. The molecule has 0 saturated heterocycles. The first-order valence-electron chi connectivity index (χ1n) is 6.50. The molecule has 2 aromatic rings. The van der Waals surface area contributed by atoms with Crippen LogP contribution in [0.15, 0.2) is 36.7 Å². The van der Waals surface area contributed by atoms with E-state index in [1.807, 2.05) is 0 Å². The normalized spacial score (nSPS) is 19.1. The molecule has 1 atom stereocenters. The number of benzene rings is 1. The van der Waals surface area contributed by atoms with E-state index in [4.69, 9.17) is 0 Å². The average molecular weight is 225 g/mol. The fourth-order valence-corrected chi connectivity index (χ4v) is 2.82. The minimum absolute atomic E-state index is 0.843. The third-order valence-corrected chi connectivity index (χ3v) is 3.87. The molecule has 1 aromatic heterocycles. The van der Waals surface area contributed by atoms with E-state index in [1.54, 1.807) is 11.1 Å². The number of nitrogens with zero attached hydrogens (tertiary/aromatic N) is 1. The van der Waals surface area contributed by atoms with Gasteiger partial charge in [0, 0.05) is 18.1 Å². The van der Waals surface area contributed by atoms with Crippen molar-refractivity contribution in [2.45, 2.75) is 33.1 Å². The zero-order chi connectivity index (χ0) is 11.8. The van der Waals surface area contributed by atoms with Crippen LogP contribution in [0.2, 0.25) is 0 Å². The Morgan fingerprint density at radius 1 is 1.12 bits per heavy atom. The van der Waals surface area contributed by atoms with E-state index in [9.17, 15) is 0 Å². The van der Waals surface area contributed by atoms with E-state index in [2.05, 4.69) is 55.1 Å². The predicted molar refractivity (Wildman–Crippen MR) is 71.7 cm³/mol. The van der Waals surface area contributed by atoms with Gasteiger partial charge >= 0.3 is 0 Å². The van der Waals surface area contributed by atoms with Gasteiger partial charge in [-0.1, -0.05) is 25.1 Å². The van der Waals surface area contributed by atoms with Crippen molar-refractivity contribution in [3.05, 3.63) is 53.3 Å². The van der Waals surface area contributed by atoms with E-state index in [-0.39, 0.29) is 0 Å². The van der Waals surface area contributed by atoms with Crippen LogP contribution in [-0.4, -0.2) is 4.57 Å². The van der Waals surface area contributed by atoms with E-state index < -0.39 is 0 Å². The third kappa shape index (κ3) is 1.90. The molecular weight excluding hydrogens is 206 g/mol. The second kappa shape index (κ2) is 4.06. The van der Waals surface area contributed by atoms with Crippen molar-refractivity contribution in [3.8, 4) is 5.69 Å². The minimum atomic E-state index is 0.843. The molecule has 3 rings (SSSR count). The van der Waals surface area contributed by atoms with Gasteiger partial charge in [-0.3, -0.25) is 0 Å². The topological polar surface area (TPSA) is 4.93 Å². The van der Waals surface area contributed by atoms with E-state index in [1.165, 1.54) is 30.5 Å². The van der Waals surface area contributed by atoms with Crippen LogP contribution in [-0.2, 0) is 12.8 Å². The molecule has 0 N–H and O–H groups in total. The maximum Gasteiger partial charge on any atom is 0.0478 e. The van der Waals surface area contributed by atoms with Crippen molar-refractivity contribution < 1.29 is 0 Å². The molecule has 0 spiro atoms. The van der Waals surface area contributed by atoms with Crippen molar-refractivity contribution in [2.24, 2.45) is 5.92 Å². The molecule has 1 heterocycles. The monoisotopic (exact) mass is 225 g/mol. The summed E-state index contributed by atoms with van der Waals surface area (Å²) in [6, 6.07) is 8.59. The Kier molecular flexibility index (Phi) is 2.54. The highest BCUT2D eigenvalue weighted by Crippen LogP contribution is 2.27. The van der Waals surface area contributed by atoms with Crippen molar-refractivity contribution in [2.75, 3.05) is 0 Å². The number of hydrogen-bond acceptors (Lipinski definition) is 0. The molecular formula is C16H19N. The smallest absolute Gasteiger partial charge is 0.0478 e. The molecule has 1 unspecified atom stereocenters. The van der Waals surface area contributed by atoms with Gasteiger partial charge in [-0.25, -0.2) is 0 Å². The standard InChI is InChI=1S/C16H19N/c1-12-7-8-14-10-17(11-15(14)9-12)16-6-4-3-5-13(16)2/h3-6,10-12H,7-9H2,1-2H3. The zero-order valence-corrected chi connectivity index (χ0v) is 10.6. The number of fused-ring (bicyclic) bond motifs is 1. The first-order chi connectivity index (χ1) is 8.24. The van der Waals surface area contributed by atoms with Gasteiger partial charge < -0.3 is 4.57 Å². The van der Waals surface area contributed by atoms with Gasteiger partial charge in [-0.15, -0.1) is 0 Å². The number of hydrogen-bond donors (Lipinski definition) is 0. The molecule has 1 nitrogen and oxygen atoms in total. The quantitative estimate of drug-likeness (QED) is 0.693. The second-order valence-electron chi connectivity index (χ2n) is 5.35. The zero-order valence-electron chi connectivity index (χ0n) is 10.6. The number of rotatable bonds is 1. The van der Waals surface area contributed by atoms with Crippen molar-refractivity contribution >= 4 is 0 Å². The summed E-state index contributed by atoms with van der Waals surface area (Å²) in [4.78, 5) is 0. The Morgan fingerprint density at radius 3 is 2.71 bits per heavy atom. The summed E-state index contributed by atoms with van der Waals surface area (Å²) in [5.41, 5.74) is 5.75. The Bertz CT molecular complexity index is 536. The summed E-state index contributed by atoms with van der Waals surface area (Å²) < 4.78 is 2.30. The summed E-state index contributed by atoms with van der Waals surface area (Å²) in [5, 5.41) is 0. The number of para-hydroxylation sites is 1. The van der Waals surface area contributed by atoms with Crippen LogP contribution in [0.5, 0.6) is 0 Å². The molecule has 0 radical (unpaired) electrons. The third-order valence-electron chi connectivity index (χ3n) is 3.87. The Morgan fingerprint density at radius 2 is 1.88 bits per heavy atom. The fraction of sp³-hybridized carbons (Fsp3) is 0.375. The molecule has 1 aliphatic carbocycles. The molecule has 0 aliphatic heterocycles. The van der Waals surface area contributed by atoms with E-state index in [0.717, 1.165) is 5.92 Å². The molecule has 1 heteroatoms. The van der Waals surface area contributed by atoms with Gasteiger partial charge in [0.2, 0.25) is 0 Å². The van der Waals surface area contributed by atoms with Crippen LogP contribution in [0.1, 0.15) is 30.0 Å². The van der Waals surface area contributed by atoms with Crippen molar-refractivity contribution in [3.63, 3.8) is 0 Å². The lowest BCUT2D eigenvalue weighted by atomic mass is 9.88. The molecule has 0 amide bonds. The largest absolute Gasteiger partial charge is 0.323 e. The molecule has 1 aliphatic rings. The van der Waals surface area contributed by atoms with E-state index in [0.29, 0.717) is 0 Å². The first-order valence-corrected chi connectivity index (χ1v) is 6.50. The van der Waals surface area contributed by atoms with Gasteiger partial charge in [0.15, 0.2) is 0 Å². The van der Waals surface area contributed by atoms with Crippen LogP contribution in [0.4, 0.5) is 0 Å². The second-order valence-corrected chi connectivity index (χ2v) is 5.35. The highest BCUT2D eigenvalue weighted by molar-refractivity contribution is 5.43. The summed E-state index contributed by atoms with van der Waals surface area (Å²) in [6.45, 7) is 4.53. The van der Waals surface area contributed by atoms with Crippen LogP contribution in [0.3, 0.4) is 0 Å². The Hall–Kier alpha value is -1.50. The number of aromatic nitrogens is 1. The minimum Gasteiger partial charge on any atom is -0.323 e. The summed E-state index contributed by atoms with van der Waals surface area (Å²) in [5.74, 6) is 0.843. The lowest BCUT2D eigenvalue weighted by molar-refractivity contribution is 0.503. The lowest BCUT2D eigenvalue weighted by Crippen LogP contribution is -2.08. The molecule has 0 bridgehead atoms. The van der Waals surface area contributed by atoms with Gasteiger partial charge in [-0.2, -0.15) is 0 Å². The molecule has 0 fully saturated rings. The summed E-state index contributed by atoms with van der Waals surface area (Å²) >= 11 is 0. The van der Waals surface area contributed by atoms with Crippen molar-refractivity contribution in [1.82, 2.24) is 4.57 Å². The van der Waals surface area contributed by atoms with Gasteiger partial charge in [0.05, 0.1) is 0 Å². The first kappa shape index (κ1) is 10.6. The molecule has 17 heavy (non-hydrogen) atoms. The van der Waals surface area contributed by atoms with Crippen LogP contribution < -0.4 is 0 Å². The lowest BCUT2D eigenvalue weighted by Gasteiger charge is -2.17. The fourth-order valence-electron chi connectivity index (χ4n) is 2.82. The van der Waals surface area contributed by atoms with Crippen LogP contribution in [0, 0.1) is 12.8 Å². The maximum absolute atomic E-state index is 2.36. The van der Waals surface area contributed by atoms with Gasteiger partial charge in [0.1, 0.15) is 0 Å². The Labute approximate surface area is 103 Å². The van der Waals surface area contributed by atoms with Crippen LogP contribution in [0.25, 0.3) is 5.69 Å². The highest BCUT2D eigenvalue weighted by Gasteiger charge is 2.17. The summed E-state index contributed by atoms with van der Waals surface area (Å²) in [7, 11) is 0. The van der Waals surface area contributed by atoms with E-state index >= 15 is 0 Å². The maximum atomic E-state index is 2.36. The molecule has 88 valence electrons. The average Bonchev–Trinajstić information content (AvgIpc) is 2.72. The van der Waals surface area contributed by atoms with Gasteiger partial charge in [-0.05, 0) is 54.9 Å². The SMILES string of the molecule is Cc1ccccc1-n1cc2c(c1)CC(C)CC2. The Balaban J connectivity index is 2.03. The highest BCUT2D eigenvalue weighted by atomic mass is 15.0. The molecule has 0 saturated carbocycles. The van der Waals surface area contributed by atoms with Crippen molar-refractivity contribution in [1.29, 1.82) is 0 Å². The number of aryl methyl sites for hydroxylation is 2. The van der Waals surface area contributed by atoms with Gasteiger partial charge in [0.25, 0.3) is 0 Å². The molecule has 1 aromatic carbocycles.